The van der Waals surface area contributed by atoms with Crippen molar-refractivity contribution in [2.75, 3.05) is 14.1 Å². The van der Waals surface area contributed by atoms with Crippen LogP contribution in [0.1, 0.15) is 27.7 Å². The Morgan fingerprint density at radius 2 is 1.00 bits per heavy atom. The van der Waals surface area contributed by atoms with Gasteiger partial charge in [-0.15, -0.1) is 0 Å². The molecule has 64 valence electrons. The molecule has 0 amide bonds. The smallest absolute Gasteiger partial charge is 0.0831 e. The molecule has 0 radical (unpaired) electrons. The number of rotatable bonds is 2. The Bertz CT molecular complexity index is 77.3. The lowest BCUT2D eigenvalue weighted by molar-refractivity contribution is -0.931. The number of quaternary nitrogens is 1. The summed E-state index contributed by atoms with van der Waals surface area (Å²) in [7, 11) is 4.55. The van der Waals surface area contributed by atoms with Crippen molar-refractivity contribution in [3.05, 3.63) is 0 Å². The highest BCUT2D eigenvalue weighted by Gasteiger charge is 2.22. The van der Waals surface area contributed by atoms with Gasteiger partial charge >= 0.3 is 0 Å². The topological polar surface area (TPSA) is 0 Å². The molecule has 0 fully saturated rings. The third-order valence-electron chi connectivity index (χ3n) is 2.66. The van der Waals surface area contributed by atoms with Crippen molar-refractivity contribution in [2.24, 2.45) is 0 Å². The predicted molar refractivity (Wildman–Crippen MR) is 42.4 cm³/mol. The average molecular weight is 149 g/mol. The van der Waals surface area contributed by atoms with Gasteiger partial charge in [0.15, 0.2) is 0 Å². The van der Waals surface area contributed by atoms with Crippen LogP contribution in [0.2, 0.25) is 0 Å². The van der Waals surface area contributed by atoms with Gasteiger partial charge in [-0.3, -0.25) is 0 Å². The van der Waals surface area contributed by atoms with Crippen LogP contribution in [0.5, 0.6) is 0 Å². The van der Waals surface area contributed by atoms with E-state index in [0.29, 0.717) is 0 Å². The van der Waals surface area contributed by atoms with Crippen LogP contribution in [0.15, 0.2) is 0 Å². The Labute approximate surface area is 64.0 Å². The molecule has 1 nitrogen and oxygen atoms in total. The maximum atomic E-state index is 2.27. The first-order chi connectivity index (χ1) is 3.89. The maximum Gasteiger partial charge on any atom is 0.0831 e. The van der Waals surface area contributed by atoms with Gasteiger partial charge < -0.3 is 9.19 Å². The number of nitrogens with zero attached hydrogens (tertiary/aromatic N) is 1. The fraction of sp³-hybridized carbons (Fsp3) is 1.00. The molecule has 2 heteroatoms. The number of halogens is 1. The molecule has 10 heavy (non-hydrogen) atoms. The van der Waals surface area contributed by atoms with Gasteiger partial charge in [0, 0.05) is 0 Å². The highest BCUT2D eigenvalue weighted by molar-refractivity contribution is 4.44. The number of hydrogen-bond donors (Lipinski definition) is 0. The molecule has 0 aliphatic rings. The average Bonchev–Trinajstić information content (AvgIpc) is 1.65. The van der Waals surface area contributed by atoms with Crippen molar-refractivity contribution in [3.63, 3.8) is 0 Å². The minimum Gasteiger partial charge on any atom is -1.00 e. The van der Waals surface area contributed by atoms with E-state index in [4.69, 9.17) is 0 Å². The zero-order valence-electron chi connectivity index (χ0n) is 7.98. The summed E-state index contributed by atoms with van der Waals surface area (Å²) in [5.41, 5.74) is 0. The van der Waals surface area contributed by atoms with Gasteiger partial charge in [-0.2, -0.15) is 0 Å². The first-order valence-electron chi connectivity index (χ1n) is 3.72. The third kappa shape index (κ3) is 2.65. The monoisotopic (exact) mass is 149 g/mol. The Balaban J connectivity index is 0. The lowest BCUT2D eigenvalue weighted by atomic mass is 10.2. The molecular weight excluding hydrogens is 129 g/mol. The van der Waals surface area contributed by atoms with E-state index >= 15 is 0 Å². The maximum absolute atomic E-state index is 2.27. The zero-order valence-corrected chi connectivity index (χ0v) is 7.98. The molecule has 0 rings (SSSR count). The Kier molecular flexibility index (Phi) is 4.92. The molecule has 0 atom stereocenters. The van der Waals surface area contributed by atoms with Gasteiger partial charge in [-0.05, 0) is 27.7 Å². The van der Waals surface area contributed by atoms with E-state index in [1.807, 2.05) is 0 Å². The van der Waals surface area contributed by atoms with Gasteiger partial charge in [0.05, 0.1) is 26.2 Å². The molecule has 0 saturated heterocycles. The second kappa shape index (κ2) is 3.91. The van der Waals surface area contributed by atoms with E-state index in [1.165, 1.54) is 0 Å². The molecule has 0 unspecified atom stereocenters. The van der Waals surface area contributed by atoms with Crippen LogP contribution in [-0.4, -0.2) is 30.7 Å². The fourth-order valence-corrected chi connectivity index (χ4v) is 0.596. The normalized spacial score (nSPS) is 12.0. The molecule has 0 aromatic rings. The van der Waals surface area contributed by atoms with Crippen molar-refractivity contribution in [2.45, 2.75) is 39.8 Å². The van der Waals surface area contributed by atoms with Crippen LogP contribution in [-0.2, 0) is 0 Å². The molecule has 0 aromatic carbocycles. The third-order valence-corrected chi connectivity index (χ3v) is 2.66. The second-order valence-corrected chi connectivity index (χ2v) is 3.82. The molecule has 0 bridgehead atoms. The summed E-state index contributed by atoms with van der Waals surface area (Å²) in [6, 6.07) is 1.45. The second-order valence-electron chi connectivity index (χ2n) is 3.82. The molecule has 0 aliphatic heterocycles. The van der Waals surface area contributed by atoms with Gasteiger partial charge in [0.2, 0.25) is 0 Å². The highest BCUT2D eigenvalue weighted by Crippen LogP contribution is 2.10. The van der Waals surface area contributed by atoms with Crippen LogP contribution >= 0.6 is 0 Å². The zero-order chi connectivity index (χ0) is 7.65. The van der Waals surface area contributed by atoms with Crippen LogP contribution in [0, 0.1) is 0 Å². The van der Waals surface area contributed by atoms with E-state index < -0.39 is 0 Å². The SMILES string of the molecule is CC(C)[N+](C)(C)C(C)C.[F-]. The minimum absolute atomic E-state index is 0. The summed E-state index contributed by atoms with van der Waals surface area (Å²) >= 11 is 0. The molecule has 0 spiro atoms. The molecular formula is C8H20FN. The Morgan fingerprint density at radius 3 is 1.00 bits per heavy atom. The quantitative estimate of drug-likeness (QED) is 0.437. The van der Waals surface area contributed by atoms with Crippen LogP contribution in [0.4, 0.5) is 0 Å². The van der Waals surface area contributed by atoms with E-state index in [2.05, 4.69) is 41.8 Å². The van der Waals surface area contributed by atoms with Crippen LogP contribution in [0.3, 0.4) is 0 Å². The molecule has 0 heterocycles. The van der Waals surface area contributed by atoms with Crippen molar-refractivity contribution in [3.8, 4) is 0 Å². The van der Waals surface area contributed by atoms with E-state index in [1.54, 1.807) is 0 Å². The van der Waals surface area contributed by atoms with Gasteiger partial charge in [0.1, 0.15) is 0 Å². The Morgan fingerprint density at radius 1 is 0.800 bits per heavy atom. The van der Waals surface area contributed by atoms with Crippen molar-refractivity contribution in [1.82, 2.24) is 0 Å². The van der Waals surface area contributed by atoms with Crippen LogP contribution in [0.25, 0.3) is 0 Å². The minimum atomic E-state index is 0. The summed E-state index contributed by atoms with van der Waals surface area (Å²) in [5, 5.41) is 0. The van der Waals surface area contributed by atoms with E-state index in [0.717, 1.165) is 16.6 Å². The van der Waals surface area contributed by atoms with Gasteiger partial charge in [-0.1, -0.05) is 0 Å². The van der Waals surface area contributed by atoms with Gasteiger partial charge in [0.25, 0.3) is 0 Å². The summed E-state index contributed by atoms with van der Waals surface area (Å²) < 4.78 is 1.11. The van der Waals surface area contributed by atoms with Crippen LogP contribution < -0.4 is 4.70 Å². The fourth-order valence-electron chi connectivity index (χ4n) is 0.596. The molecule has 0 saturated carbocycles. The first kappa shape index (κ1) is 12.6. The summed E-state index contributed by atoms with van der Waals surface area (Å²) in [5.74, 6) is 0. The Hall–Kier alpha value is -0.110. The van der Waals surface area contributed by atoms with E-state index in [9.17, 15) is 0 Å². The first-order valence-corrected chi connectivity index (χ1v) is 3.72. The van der Waals surface area contributed by atoms with Crippen molar-refractivity contribution >= 4 is 0 Å². The summed E-state index contributed by atoms with van der Waals surface area (Å²) in [6.07, 6.45) is 0. The highest BCUT2D eigenvalue weighted by atomic mass is 19.0. The molecule has 0 aliphatic carbocycles. The standard InChI is InChI=1S/C8H20N.FH/c1-7(2)9(5,6)8(3)4;/h7-8H,1-6H3;1H/q+1;/p-1. The van der Waals surface area contributed by atoms with Gasteiger partial charge in [-0.25, -0.2) is 0 Å². The summed E-state index contributed by atoms with van der Waals surface area (Å²) in [6.45, 7) is 9.06. The lowest BCUT2D eigenvalue weighted by Crippen LogP contribution is -3.00. The molecule has 0 aromatic heterocycles. The summed E-state index contributed by atoms with van der Waals surface area (Å²) in [4.78, 5) is 0. The predicted octanol–water partition coefficient (Wildman–Crippen LogP) is -1.12. The lowest BCUT2D eigenvalue weighted by Gasteiger charge is -2.38. The van der Waals surface area contributed by atoms with Crippen molar-refractivity contribution < 1.29 is 9.19 Å². The number of hydrogen-bond acceptors (Lipinski definition) is 0. The van der Waals surface area contributed by atoms with E-state index in [-0.39, 0.29) is 4.70 Å². The molecule has 0 N–H and O–H groups in total. The van der Waals surface area contributed by atoms with Crippen molar-refractivity contribution in [1.29, 1.82) is 0 Å². The largest absolute Gasteiger partial charge is 1.00 e.